The van der Waals surface area contributed by atoms with Gasteiger partial charge in [-0.1, -0.05) is 35.6 Å². The van der Waals surface area contributed by atoms with Gasteiger partial charge in [0.2, 0.25) is 4.80 Å². The van der Waals surface area contributed by atoms with E-state index in [4.69, 9.17) is 0 Å². The zero-order valence-electron chi connectivity index (χ0n) is 13.3. The highest BCUT2D eigenvalue weighted by Gasteiger charge is 2.02. The Hall–Kier alpha value is -2.20. The molecule has 0 unspecified atom stereocenters. The first-order valence-electron chi connectivity index (χ1n) is 7.27. The fraction of sp³-hybridized carbons (Fsp3) is 0.222. The molecule has 0 bridgehead atoms. The third-order valence-corrected chi connectivity index (χ3v) is 5.03. The number of fused-ring (bicyclic) bond motifs is 1. The molecular weight excluding hydrogens is 290 g/mol. The van der Waals surface area contributed by atoms with E-state index >= 15 is 0 Å². The van der Waals surface area contributed by atoms with Gasteiger partial charge in [-0.05, 0) is 55.7 Å². The molecule has 0 aliphatic carbocycles. The topological polar surface area (TPSA) is 29.6 Å². The van der Waals surface area contributed by atoms with Crippen molar-refractivity contribution in [2.75, 3.05) is 0 Å². The maximum Gasteiger partial charge on any atom is 0.211 e. The minimum atomic E-state index is 0.907. The van der Waals surface area contributed by atoms with Crippen LogP contribution >= 0.6 is 11.3 Å². The van der Waals surface area contributed by atoms with Gasteiger partial charge in [0.15, 0.2) is 0 Å². The summed E-state index contributed by atoms with van der Waals surface area (Å²) in [5.74, 6) is 0. The average Bonchev–Trinajstić information content (AvgIpc) is 2.84. The molecule has 0 fully saturated rings. The molecule has 0 aliphatic heterocycles. The lowest BCUT2D eigenvalue weighted by molar-refractivity contribution is 0.888. The number of rotatable bonds is 2. The lowest BCUT2D eigenvalue weighted by atomic mass is 10.0. The largest absolute Gasteiger partial charge is 0.318 e. The van der Waals surface area contributed by atoms with Gasteiger partial charge in [0.1, 0.15) is 0 Å². The molecule has 4 heteroatoms. The maximum atomic E-state index is 4.44. The third-order valence-electron chi connectivity index (χ3n) is 3.93. The number of nitrogens with zero attached hydrogens (tertiary/aromatic N) is 3. The summed E-state index contributed by atoms with van der Waals surface area (Å²) in [5, 5.41) is 8.86. The monoisotopic (exact) mass is 309 g/mol. The van der Waals surface area contributed by atoms with Gasteiger partial charge >= 0.3 is 0 Å². The summed E-state index contributed by atoms with van der Waals surface area (Å²) in [6.45, 7) is 6.24. The number of para-hydroxylation sites is 1. The second kappa shape index (κ2) is 5.89. The van der Waals surface area contributed by atoms with Gasteiger partial charge in [0.25, 0.3) is 0 Å². The Labute approximate surface area is 134 Å². The molecule has 0 aliphatic rings. The molecule has 2 aromatic carbocycles. The Morgan fingerprint density at radius 1 is 1.05 bits per heavy atom. The van der Waals surface area contributed by atoms with Crippen molar-refractivity contribution in [2.45, 2.75) is 20.8 Å². The maximum absolute atomic E-state index is 4.44. The summed E-state index contributed by atoms with van der Waals surface area (Å²) in [7, 11) is 2.03. The van der Waals surface area contributed by atoms with Crippen LogP contribution in [0.2, 0.25) is 0 Å². The molecule has 0 saturated carbocycles. The van der Waals surface area contributed by atoms with Crippen molar-refractivity contribution in [3.05, 3.63) is 64.0 Å². The van der Waals surface area contributed by atoms with E-state index in [2.05, 4.69) is 58.9 Å². The molecule has 3 nitrogen and oxygen atoms in total. The van der Waals surface area contributed by atoms with Crippen molar-refractivity contribution in [1.29, 1.82) is 0 Å². The zero-order chi connectivity index (χ0) is 15.7. The number of aryl methyl sites for hydroxylation is 3. The molecule has 112 valence electrons. The van der Waals surface area contributed by atoms with Crippen LogP contribution in [0, 0.1) is 13.8 Å². The van der Waals surface area contributed by atoms with E-state index in [9.17, 15) is 0 Å². The Bertz CT molecular complexity index is 929. The van der Waals surface area contributed by atoms with E-state index in [1.54, 1.807) is 11.3 Å². The molecule has 0 atom stereocenters. The smallest absolute Gasteiger partial charge is 0.211 e. The highest BCUT2D eigenvalue weighted by Crippen LogP contribution is 2.15. The molecule has 0 N–H and O–H groups in total. The number of benzene rings is 2. The second-order valence-electron chi connectivity index (χ2n) is 5.50. The van der Waals surface area contributed by atoms with Crippen LogP contribution in [0.4, 0.5) is 0 Å². The summed E-state index contributed by atoms with van der Waals surface area (Å²) < 4.78 is 3.31. The molecule has 0 spiro atoms. The van der Waals surface area contributed by atoms with E-state index in [0.29, 0.717) is 0 Å². The number of hydrogen-bond acceptors (Lipinski definition) is 3. The normalized spacial score (nSPS) is 13.1. The fourth-order valence-electron chi connectivity index (χ4n) is 2.32. The van der Waals surface area contributed by atoms with Crippen molar-refractivity contribution in [3.8, 4) is 0 Å². The van der Waals surface area contributed by atoms with Crippen LogP contribution < -0.4 is 4.80 Å². The summed E-state index contributed by atoms with van der Waals surface area (Å²) >= 11 is 1.66. The number of thiazole rings is 1. The average molecular weight is 309 g/mol. The van der Waals surface area contributed by atoms with Crippen LogP contribution in [-0.2, 0) is 7.05 Å². The molecule has 0 saturated heterocycles. The van der Waals surface area contributed by atoms with Gasteiger partial charge in [-0.2, -0.15) is 5.10 Å². The van der Waals surface area contributed by atoms with Crippen molar-refractivity contribution in [3.63, 3.8) is 0 Å². The van der Waals surface area contributed by atoms with Crippen LogP contribution in [0.25, 0.3) is 10.2 Å². The van der Waals surface area contributed by atoms with Crippen molar-refractivity contribution in [2.24, 2.45) is 17.3 Å². The molecule has 3 rings (SSSR count). The standard InChI is InChI=1S/C18H19N3S/c1-12-9-10-15(11-13(12)2)14(3)19-20-18-21(4)16-7-5-6-8-17(16)22-18/h5-11H,1-4H3/b19-14+,20-18+. The van der Waals surface area contributed by atoms with E-state index < -0.39 is 0 Å². The lowest BCUT2D eigenvalue weighted by Gasteiger charge is -2.03. The summed E-state index contributed by atoms with van der Waals surface area (Å²) in [6.07, 6.45) is 0. The lowest BCUT2D eigenvalue weighted by Crippen LogP contribution is -2.09. The first-order chi connectivity index (χ1) is 10.6. The van der Waals surface area contributed by atoms with Crippen LogP contribution in [0.3, 0.4) is 0 Å². The summed E-state index contributed by atoms with van der Waals surface area (Å²) in [4.78, 5) is 0.907. The van der Waals surface area contributed by atoms with Crippen LogP contribution in [0.5, 0.6) is 0 Å². The molecular formula is C18H19N3S. The van der Waals surface area contributed by atoms with Crippen molar-refractivity contribution in [1.82, 2.24) is 4.57 Å². The Kier molecular flexibility index (Phi) is 3.94. The molecule has 3 aromatic rings. The van der Waals surface area contributed by atoms with Gasteiger partial charge in [-0.25, -0.2) is 0 Å². The highest BCUT2D eigenvalue weighted by molar-refractivity contribution is 7.16. The number of hydrogen-bond donors (Lipinski definition) is 0. The van der Waals surface area contributed by atoms with Gasteiger partial charge in [-0.15, -0.1) is 5.10 Å². The van der Waals surface area contributed by atoms with E-state index in [1.165, 1.54) is 21.3 Å². The van der Waals surface area contributed by atoms with Gasteiger partial charge < -0.3 is 4.57 Å². The quantitative estimate of drug-likeness (QED) is 0.502. The third kappa shape index (κ3) is 2.74. The molecule has 22 heavy (non-hydrogen) atoms. The Morgan fingerprint density at radius 2 is 1.82 bits per heavy atom. The predicted octanol–water partition coefficient (Wildman–Crippen LogP) is 4.18. The first-order valence-corrected chi connectivity index (χ1v) is 8.08. The van der Waals surface area contributed by atoms with E-state index in [0.717, 1.165) is 16.1 Å². The number of aromatic nitrogens is 1. The van der Waals surface area contributed by atoms with Gasteiger partial charge in [0.05, 0.1) is 15.9 Å². The molecule has 1 heterocycles. The van der Waals surface area contributed by atoms with Gasteiger partial charge in [0, 0.05) is 7.05 Å². The molecule has 0 radical (unpaired) electrons. The van der Waals surface area contributed by atoms with Crippen molar-refractivity contribution < 1.29 is 0 Å². The van der Waals surface area contributed by atoms with Crippen LogP contribution in [-0.4, -0.2) is 10.3 Å². The SMILES string of the molecule is C/C(=N\N=c1\sc2ccccc2n1C)c1ccc(C)c(C)c1. The fourth-order valence-corrected chi connectivity index (χ4v) is 3.29. The van der Waals surface area contributed by atoms with Crippen molar-refractivity contribution >= 4 is 27.3 Å². The molecule has 0 amide bonds. The van der Waals surface area contributed by atoms with Gasteiger partial charge in [-0.3, -0.25) is 0 Å². The van der Waals surface area contributed by atoms with Crippen LogP contribution in [0.15, 0.2) is 52.7 Å². The minimum absolute atomic E-state index is 0.907. The summed E-state index contributed by atoms with van der Waals surface area (Å²) in [6, 6.07) is 14.7. The summed E-state index contributed by atoms with van der Waals surface area (Å²) in [5.41, 5.74) is 5.81. The predicted molar refractivity (Wildman–Crippen MR) is 94.5 cm³/mol. The second-order valence-corrected chi connectivity index (χ2v) is 6.50. The Morgan fingerprint density at radius 3 is 2.55 bits per heavy atom. The zero-order valence-corrected chi connectivity index (χ0v) is 14.1. The molecule has 1 aromatic heterocycles. The highest BCUT2D eigenvalue weighted by atomic mass is 32.1. The minimum Gasteiger partial charge on any atom is -0.318 e. The van der Waals surface area contributed by atoms with E-state index in [-0.39, 0.29) is 0 Å². The Balaban J connectivity index is 2.03. The van der Waals surface area contributed by atoms with E-state index in [1.807, 2.05) is 26.1 Å². The van der Waals surface area contributed by atoms with Crippen LogP contribution in [0.1, 0.15) is 23.6 Å². The first kappa shape index (κ1) is 14.7.